The number of rotatable bonds is 3. The van der Waals surface area contributed by atoms with Crippen LogP contribution >= 0.6 is 34.8 Å². The van der Waals surface area contributed by atoms with E-state index in [0.29, 0.717) is 27.0 Å². The van der Waals surface area contributed by atoms with Gasteiger partial charge in [-0.25, -0.2) is 4.79 Å². The monoisotopic (exact) mass is 413 g/mol. The molecule has 0 fully saturated rings. The van der Waals surface area contributed by atoms with Crippen molar-refractivity contribution < 1.29 is 19.4 Å². The van der Waals surface area contributed by atoms with Crippen LogP contribution in [-0.2, 0) is 11.3 Å². The van der Waals surface area contributed by atoms with Crippen molar-refractivity contribution in [1.29, 1.82) is 0 Å². The maximum absolute atomic E-state index is 12.9. The number of benzene rings is 2. The lowest BCUT2D eigenvalue weighted by Gasteiger charge is -2.39. The molecule has 1 heterocycles. The van der Waals surface area contributed by atoms with Crippen molar-refractivity contribution in [2.45, 2.75) is 26.0 Å². The van der Waals surface area contributed by atoms with Crippen LogP contribution in [0.2, 0.25) is 15.1 Å². The number of halogens is 3. The van der Waals surface area contributed by atoms with Crippen molar-refractivity contribution in [2.24, 2.45) is 0 Å². The highest BCUT2D eigenvalue weighted by Crippen LogP contribution is 2.41. The Labute approximate surface area is 165 Å². The van der Waals surface area contributed by atoms with Crippen LogP contribution in [0.3, 0.4) is 0 Å². The number of fused-ring (bicyclic) bond motifs is 1. The topological polar surface area (TPSA) is 66.8 Å². The Morgan fingerprint density at radius 2 is 1.81 bits per heavy atom. The fourth-order valence-corrected chi connectivity index (χ4v) is 3.40. The van der Waals surface area contributed by atoms with Gasteiger partial charge in [0.2, 0.25) is 0 Å². The predicted octanol–water partition coefficient (Wildman–Crippen LogP) is 5.05. The van der Waals surface area contributed by atoms with E-state index in [0.717, 1.165) is 0 Å². The van der Waals surface area contributed by atoms with Gasteiger partial charge in [0.05, 0.1) is 27.8 Å². The minimum atomic E-state index is -1.13. The van der Waals surface area contributed by atoms with Crippen molar-refractivity contribution in [1.82, 2.24) is 0 Å². The number of nitrogens with zero attached hydrogens (tertiary/aromatic N) is 1. The van der Waals surface area contributed by atoms with Gasteiger partial charge in [-0.1, -0.05) is 34.8 Å². The number of carbonyl (C=O) groups excluding carboxylic acids is 1. The second-order valence-corrected chi connectivity index (χ2v) is 7.51. The van der Waals surface area contributed by atoms with Crippen LogP contribution in [0.15, 0.2) is 30.3 Å². The summed E-state index contributed by atoms with van der Waals surface area (Å²) in [6.45, 7) is 3.30. The highest BCUT2D eigenvalue weighted by molar-refractivity contribution is 6.44. The minimum absolute atomic E-state index is 0.0277. The van der Waals surface area contributed by atoms with E-state index in [1.807, 2.05) is 0 Å². The first kappa shape index (κ1) is 18.8. The van der Waals surface area contributed by atoms with E-state index in [1.54, 1.807) is 26.0 Å². The lowest BCUT2D eigenvalue weighted by molar-refractivity contribution is -0.132. The third kappa shape index (κ3) is 3.22. The maximum Gasteiger partial charge on any atom is 0.335 e. The molecule has 2 aromatic carbocycles. The molecule has 3 rings (SSSR count). The summed E-state index contributed by atoms with van der Waals surface area (Å²) in [6.07, 6.45) is 0. The summed E-state index contributed by atoms with van der Waals surface area (Å²) in [5, 5.41) is 10.2. The molecule has 136 valence electrons. The van der Waals surface area contributed by atoms with Gasteiger partial charge in [-0.15, -0.1) is 0 Å². The van der Waals surface area contributed by atoms with Crippen LogP contribution in [0, 0.1) is 0 Å². The zero-order valence-electron chi connectivity index (χ0n) is 13.8. The molecule has 5 nitrogen and oxygen atoms in total. The third-order valence-electron chi connectivity index (χ3n) is 4.08. The first-order valence-corrected chi connectivity index (χ1v) is 8.76. The van der Waals surface area contributed by atoms with Crippen LogP contribution in [0.5, 0.6) is 5.75 Å². The number of carboxylic acid groups (broad SMARTS) is 1. The van der Waals surface area contributed by atoms with Crippen LogP contribution in [-0.4, -0.2) is 22.6 Å². The molecule has 0 radical (unpaired) electrons. The Morgan fingerprint density at radius 3 is 2.46 bits per heavy atom. The van der Waals surface area contributed by atoms with Crippen molar-refractivity contribution in [3.8, 4) is 5.75 Å². The van der Waals surface area contributed by atoms with Crippen molar-refractivity contribution in [2.75, 3.05) is 4.90 Å². The normalized spacial score (nSPS) is 15.4. The van der Waals surface area contributed by atoms with Gasteiger partial charge in [0, 0.05) is 10.6 Å². The highest BCUT2D eigenvalue weighted by Gasteiger charge is 2.41. The molecule has 8 heteroatoms. The highest BCUT2D eigenvalue weighted by atomic mass is 35.5. The van der Waals surface area contributed by atoms with E-state index < -0.39 is 11.6 Å². The lowest BCUT2D eigenvalue weighted by atomic mass is 10.0. The van der Waals surface area contributed by atoms with E-state index in [4.69, 9.17) is 39.5 Å². The molecule has 0 spiro atoms. The van der Waals surface area contributed by atoms with E-state index in [-0.39, 0.29) is 23.0 Å². The van der Waals surface area contributed by atoms with Crippen molar-refractivity contribution in [3.63, 3.8) is 0 Å². The van der Waals surface area contributed by atoms with Gasteiger partial charge in [-0.3, -0.25) is 4.79 Å². The van der Waals surface area contributed by atoms with Crippen molar-refractivity contribution >= 4 is 52.4 Å². The van der Waals surface area contributed by atoms with E-state index in [1.165, 1.54) is 23.1 Å². The van der Waals surface area contributed by atoms with Gasteiger partial charge >= 0.3 is 5.97 Å². The molecule has 1 aliphatic heterocycles. The number of hydrogen-bond acceptors (Lipinski definition) is 3. The number of carboxylic acids is 1. The molecule has 0 aromatic heterocycles. The molecule has 0 bridgehead atoms. The number of hydrogen-bond donors (Lipinski definition) is 1. The SMILES string of the molecule is CC1(C)Oc2ccc(C(=O)O)cc2N(Cc2c(Cl)ccc(Cl)c2Cl)C1=O. The molecule has 2 aromatic rings. The van der Waals surface area contributed by atoms with Gasteiger partial charge in [-0.05, 0) is 44.2 Å². The first-order valence-electron chi connectivity index (χ1n) is 7.62. The van der Waals surface area contributed by atoms with Crippen LogP contribution in [0.1, 0.15) is 29.8 Å². The Bertz CT molecular complexity index is 927. The maximum atomic E-state index is 12.9. The van der Waals surface area contributed by atoms with Crippen LogP contribution in [0.25, 0.3) is 0 Å². The molecule has 0 atom stereocenters. The Balaban J connectivity index is 2.14. The average molecular weight is 415 g/mol. The zero-order valence-corrected chi connectivity index (χ0v) is 16.1. The molecule has 1 aliphatic rings. The van der Waals surface area contributed by atoms with Gasteiger partial charge in [-0.2, -0.15) is 0 Å². The molecule has 1 N–H and O–H groups in total. The fourth-order valence-electron chi connectivity index (χ4n) is 2.73. The number of ether oxygens (including phenoxy) is 1. The van der Waals surface area contributed by atoms with Gasteiger partial charge < -0.3 is 14.7 Å². The second kappa shape index (κ2) is 6.65. The predicted molar refractivity (Wildman–Crippen MR) is 101 cm³/mol. The summed E-state index contributed by atoms with van der Waals surface area (Å²) in [4.78, 5) is 25.7. The van der Waals surface area contributed by atoms with Gasteiger partial charge in [0.15, 0.2) is 5.60 Å². The first-order chi connectivity index (χ1) is 12.1. The number of anilines is 1. The summed E-state index contributed by atoms with van der Waals surface area (Å²) in [5.41, 5.74) is -0.289. The van der Waals surface area contributed by atoms with E-state index in [9.17, 15) is 14.7 Å². The number of carbonyl (C=O) groups is 2. The fraction of sp³-hybridized carbons (Fsp3) is 0.222. The zero-order chi connectivity index (χ0) is 19.2. The van der Waals surface area contributed by atoms with Gasteiger partial charge in [0.1, 0.15) is 5.75 Å². The number of aromatic carboxylic acids is 1. The van der Waals surface area contributed by atoms with E-state index in [2.05, 4.69) is 0 Å². The number of amides is 1. The largest absolute Gasteiger partial charge is 0.478 e. The standard InChI is InChI=1S/C18H14Cl3NO4/c1-18(2)17(25)22(8-10-11(19)4-5-12(20)15(10)21)13-7-9(16(23)24)3-6-14(13)26-18/h3-7H,8H2,1-2H3,(H,23,24). The summed E-state index contributed by atoms with van der Waals surface area (Å²) >= 11 is 18.6. The Hall–Kier alpha value is -1.95. The molecule has 0 unspecified atom stereocenters. The molecular formula is C18H14Cl3NO4. The summed E-state index contributed by atoms with van der Waals surface area (Å²) in [5.74, 6) is -1.06. The molecular weight excluding hydrogens is 401 g/mol. The summed E-state index contributed by atoms with van der Waals surface area (Å²) in [6, 6.07) is 7.50. The Kier molecular flexibility index (Phi) is 4.82. The second-order valence-electron chi connectivity index (χ2n) is 6.31. The molecule has 1 amide bonds. The molecule has 0 aliphatic carbocycles. The average Bonchev–Trinajstić information content (AvgIpc) is 2.57. The quantitative estimate of drug-likeness (QED) is 0.714. The van der Waals surface area contributed by atoms with E-state index >= 15 is 0 Å². The van der Waals surface area contributed by atoms with Gasteiger partial charge in [0.25, 0.3) is 5.91 Å². The molecule has 0 saturated carbocycles. The Morgan fingerprint density at radius 1 is 1.15 bits per heavy atom. The third-order valence-corrected chi connectivity index (χ3v) is 5.27. The van der Waals surface area contributed by atoms with Crippen LogP contribution < -0.4 is 9.64 Å². The van der Waals surface area contributed by atoms with Crippen LogP contribution in [0.4, 0.5) is 5.69 Å². The summed E-state index contributed by atoms with van der Waals surface area (Å²) < 4.78 is 5.74. The molecule has 0 saturated heterocycles. The summed E-state index contributed by atoms with van der Waals surface area (Å²) in [7, 11) is 0. The minimum Gasteiger partial charge on any atom is -0.478 e. The van der Waals surface area contributed by atoms with Crippen molar-refractivity contribution in [3.05, 3.63) is 56.5 Å². The smallest absolute Gasteiger partial charge is 0.335 e. The molecule has 26 heavy (non-hydrogen) atoms. The lowest BCUT2D eigenvalue weighted by Crippen LogP contribution is -2.52.